The van der Waals surface area contributed by atoms with Crippen molar-refractivity contribution in [1.82, 2.24) is 4.98 Å². The lowest BCUT2D eigenvalue weighted by Crippen LogP contribution is -2.03. The summed E-state index contributed by atoms with van der Waals surface area (Å²) < 4.78 is 5.71. The van der Waals surface area contributed by atoms with Crippen LogP contribution in [0.3, 0.4) is 0 Å². The van der Waals surface area contributed by atoms with Crippen LogP contribution in [0.2, 0.25) is 0 Å². The summed E-state index contributed by atoms with van der Waals surface area (Å²) in [7, 11) is 0. The van der Waals surface area contributed by atoms with Gasteiger partial charge in [-0.05, 0) is 43.3 Å². The number of H-pyrrole nitrogens is 1. The molecule has 1 aromatic heterocycles. The predicted octanol–water partition coefficient (Wildman–Crippen LogP) is 2.97. The van der Waals surface area contributed by atoms with Gasteiger partial charge in [-0.3, -0.25) is 4.79 Å². The minimum atomic E-state index is -0.0305. The fourth-order valence-corrected chi connectivity index (χ4v) is 1.49. The molecule has 0 saturated carbocycles. The van der Waals surface area contributed by atoms with E-state index in [1.165, 1.54) is 0 Å². The number of aromatic nitrogens is 1. The van der Waals surface area contributed by atoms with Crippen molar-refractivity contribution in [3.8, 4) is 5.75 Å². The number of ether oxygens (including phenoxy) is 1. The monoisotopic (exact) mass is 215 g/mol. The largest absolute Gasteiger partial charge is 0.485 e. The Kier molecular flexibility index (Phi) is 3.05. The molecule has 2 aromatic rings. The summed E-state index contributed by atoms with van der Waals surface area (Å²) in [6, 6.07) is 11.0. The second-order valence-corrected chi connectivity index (χ2v) is 3.57. The average Bonchev–Trinajstić information content (AvgIpc) is 2.83. The highest BCUT2D eigenvalue weighted by atomic mass is 16.5. The Morgan fingerprint density at radius 1 is 1.25 bits per heavy atom. The summed E-state index contributed by atoms with van der Waals surface area (Å²) in [6.45, 7) is 1.97. The predicted molar refractivity (Wildman–Crippen MR) is 61.7 cm³/mol. The first-order valence-corrected chi connectivity index (χ1v) is 5.15. The van der Waals surface area contributed by atoms with E-state index in [-0.39, 0.29) is 6.10 Å². The first-order chi connectivity index (χ1) is 7.79. The molecule has 0 aliphatic carbocycles. The van der Waals surface area contributed by atoms with Crippen LogP contribution in [0, 0.1) is 0 Å². The highest BCUT2D eigenvalue weighted by Gasteiger charge is 2.07. The molecule has 0 spiro atoms. The van der Waals surface area contributed by atoms with Crippen molar-refractivity contribution in [2.45, 2.75) is 13.0 Å². The molecule has 1 aromatic carbocycles. The molecule has 0 aliphatic heterocycles. The Morgan fingerprint density at radius 2 is 2.00 bits per heavy atom. The zero-order chi connectivity index (χ0) is 11.4. The summed E-state index contributed by atoms with van der Waals surface area (Å²) in [5.74, 6) is 0.757. The van der Waals surface area contributed by atoms with Crippen LogP contribution in [0.25, 0.3) is 0 Å². The van der Waals surface area contributed by atoms with Gasteiger partial charge in [0.05, 0.1) is 5.69 Å². The van der Waals surface area contributed by atoms with Gasteiger partial charge in [-0.2, -0.15) is 0 Å². The number of carbonyl (C=O) groups excluding carboxylic acids is 1. The van der Waals surface area contributed by atoms with Gasteiger partial charge in [0, 0.05) is 11.8 Å². The van der Waals surface area contributed by atoms with E-state index < -0.39 is 0 Å². The van der Waals surface area contributed by atoms with Gasteiger partial charge in [0.15, 0.2) is 0 Å². The maximum atomic E-state index is 10.5. The molecule has 1 unspecified atom stereocenters. The van der Waals surface area contributed by atoms with Crippen LogP contribution in [0.4, 0.5) is 0 Å². The second-order valence-electron chi connectivity index (χ2n) is 3.57. The van der Waals surface area contributed by atoms with Crippen molar-refractivity contribution >= 4 is 6.29 Å². The van der Waals surface area contributed by atoms with E-state index in [4.69, 9.17) is 4.74 Å². The van der Waals surface area contributed by atoms with Crippen molar-refractivity contribution in [3.63, 3.8) is 0 Å². The normalized spacial score (nSPS) is 12.1. The Hall–Kier alpha value is -2.03. The van der Waals surface area contributed by atoms with Gasteiger partial charge in [-0.15, -0.1) is 0 Å². The maximum Gasteiger partial charge on any atom is 0.150 e. The first kappa shape index (κ1) is 10.5. The lowest BCUT2D eigenvalue weighted by atomic mass is 10.2. The third-order valence-electron chi connectivity index (χ3n) is 2.39. The Balaban J connectivity index is 2.06. The van der Waals surface area contributed by atoms with Crippen LogP contribution in [0.1, 0.15) is 29.1 Å². The van der Waals surface area contributed by atoms with E-state index in [0.29, 0.717) is 5.56 Å². The van der Waals surface area contributed by atoms with Gasteiger partial charge in [-0.25, -0.2) is 0 Å². The molecule has 3 heteroatoms. The van der Waals surface area contributed by atoms with Crippen LogP contribution < -0.4 is 4.74 Å². The van der Waals surface area contributed by atoms with Crippen molar-refractivity contribution in [2.75, 3.05) is 0 Å². The number of carbonyl (C=O) groups is 1. The Bertz CT molecular complexity index is 445. The minimum absolute atomic E-state index is 0.0305. The van der Waals surface area contributed by atoms with Gasteiger partial charge in [0.2, 0.25) is 0 Å². The Labute approximate surface area is 94.1 Å². The van der Waals surface area contributed by atoms with E-state index in [0.717, 1.165) is 17.7 Å². The molecule has 0 bridgehead atoms. The quantitative estimate of drug-likeness (QED) is 0.797. The average molecular weight is 215 g/mol. The van der Waals surface area contributed by atoms with Crippen LogP contribution in [0.5, 0.6) is 5.75 Å². The fourth-order valence-electron chi connectivity index (χ4n) is 1.49. The summed E-state index contributed by atoms with van der Waals surface area (Å²) in [5.41, 5.74) is 1.68. The van der Waals surface area contributed by atoms with Crippen LogP contribution >= 0.6 is 0 Å². The highest BCUT2D eigenvalue weighted by Crippen LogP contribution is 2.20. The fraction of sp³-hybridized carbons (Fsp3) is 0.154. The van der Waals surface area contributed by atoms with Crippen LogP contribution in [-0.2, 0) is 0 Å². The van der Waals surface area contributed by atoms with Gasteiger partial charge >= 0.3 is 0 Å². The lowest BCUT2D eigenvalue weighted by molar-refractivity contribution is 0.112. The molecule has 82 valence electrons. The van der Waals surface area contributed by atoms with E-state index in [9.17, 15) is 4.79 Å². The molecule has 0 radical (unpaired) electrons. The van der Waals surface area contributed by atoms with Crippen LogP contribution in [-0.4, -0.2) is 11.3 Å². The minimum Gasteiger partial charge on any atom is -0.485 e. The summed E-state index contributed by atoms with van der Waals surface area (Å²) in [4.78, 5) is 13.6. The number of hydrogen-bond acceptors (Lipinski definition) is 2. The van der Waals surface area contributed by atoms with E-state index >= 15 is 0 Å². The first-order valence-electron chi connectivity index (χ1n) is 5.15. The Morgan fingerprint density at radius 3 is 2.56 bits per heavy atom. The highest BCUT2D eigenvalue weighted by molar-refractivity contribution is 5.74. The maximum absolute atomic E-state index is 10.5. The molecule has 1 heterocycles. The molecule has 16 heavy (non-hydrogen) atoms. The number of aldehydes is 1. The van der Waals surface area contributed by atoms with Gasteiger partial charge in [0.25, 0.3) is 0 Å². The number of rotatable bonds is 4. The lowest BCUT2D eigenvalue weighted by Gasteiger charge is -2.13. The van der Waals surface area contributed by atoms with E-state index in [1.54, 1.807) is 24.3 Å². The smallest absolute Gasteiger partial charge is 0.150 e. The van der Waals surface area contributed by atoms with Crippen molar-refractivity contribution < 1.29 is 9.53 Å². The molecule has 3 nitrogen and oxygen atoms in total. The SMILES string of the molecule is CC(Oc1ccc(C=O)cc1)c1ccc[nH]1. The number of hydrogen-bond donors (Lipinski definition) is 1. The zero-order valence-corrected chi connectivity index (χ0v) is 9.01. The molecule has 0 fully saturated rings. The van der Waals surface area contributed by atoms with E-state index in [2.05, 4.69) is 4.98 Å². The van der Waals surface area contributed by atoms with Crippen LogP contribution in [0.15, 0.2) is 42.6 Å². The number of aromatic amines is 1. The van der Waals surface area contributed by atoms with Gasteiger partial charge < -0.3 is 9.72 Å². The molecule has 1 atom stereocenters. The molecular formula is C13H13NO2. The van der Waals surface area contributed by atoms with Crippen molar-refractivity contribution in [1.29, 1.82) is 0 Å². The molecular weight excluding hydrogens is 202 g/mol. The summed E-state index contributed by atoms with van der Waals surface area (Å²) in [5, 5.41) is 0. The van der Waals surface area contributed by atoms with Crippen molar-refractivity contribution in [3.05, 3.63) is 53.9 Å². The molecule has 1 N–H and O–H groups in total. The molecule has 0 saturated heterocycles. The number of nitrogens with one attached hydrogen (secondary N) is 1. The standard InChI is InChI=1S/C13H13NO2/c1-10(13-3-2-8-14-13)16-12-6-4-11(9-15)5-7-12/h2-10,14H,1H3. The third kappa shape index (κ3) is 2.31. The van der Waals surface area contributed by atoms with E-state index in [1.807, 2.05) is 25.3 Å². The van der Waals surface area contributed by atoms with Crippen molar-refractivity contribution in [2.24, 2.45) is 0 Å². The summed E-state index contributed by atoms with van der Waals surface area (Å²) >= 11 is 0. The molecule has 0 aliphatic rings. The molecule has 2 rings (SSSR count). The topological polar surface area (TPSA) is 42.1 Å². The zero-order valence-electron chi connectivity index (χ0n) is 9.01. The third-order valence-corrected chi connectivity index (χ3v) is 2.39. The van der Waals surface area contributed by atoms with Gasteiger partial charge in [0.1, 0.15) is 18.1 Å². The molecule has 0 amide bonds. The number of benzene rings is 1. The summed E-state index contributed by atoms with van der Waals surface area (Å²) in [6.07, 6.45) is 2.65. The van der Waals surface area contributed by atoms with Gasteiger partial charge in [-0.1, -0.05) is 0 Å². The second kappa shape index (κ2) is 4.66.